The molecule has 1 unspecified atom stereocenters. The molecule has 0 aromatic heterocycles. The Morgan fingerprint density at radius 2 is 1.83 bits per heavy atom. The van der Waals surface area contributed by atoms with Crippen LogP contribution in [0.3, 0.4) is 0 Å². The molecule has 0 heterocycles. The molecule has 1 N–H and O–H groups in total. The standard InChI is InChI=1S/C15H25NO2/c1-12(2)15(11-18-4)16-14-8-6-5-7-13(14)9-10-17-3/h5-8,12,15-16H,9-11H2,1-4H3. The average molecular weight is 251 g/mol. The minimum atomic E-state index is 0.332. The normalized spacial score (nSPS) is 12.7. The van der Waals surface area contributed by atoms with Crippen LogP contribution in [0.5, 0.6) is 0 Å². The Balaban J connectivity index is 2.74. The van der Waals surface area contributed by atoms with Gasteiger partial charge in [-0.25, -0.2) is 0 Å². The number of rotatable bonds is 8. The van der Waals surface area contributed by atoms with Crippen molar-refractivity contribution in [1.82, 2.24) is 0 Å². The predicted octanol–water partition coefficient (Wildman–Crippen LogP) is 2.96. The quantitative estimate of drug-likeness (QED) is 0.770. The van der Waals surface area contributed by atoms with E-state index in [2.05, 4.69) is 43.4 Å². The molecule has 0 aliphatic carbocycles. The van der Waals surface area contributed by atoms with Crippen molar-refractivity contribution in [2.24, 2.45) is 5.92 Å². The van der Waals surface area contributed by atoms with Gasteiger partial charge in [0.2, 0.25) is 0 Å². The Morgan fingerprint density at radius 1 is 1.11 bits per heavy atom. The number of methoxy groups -OCH3 is 2. The summed E-state index contributed by atoms with van der Waals surface area (Å²) in [5, 5.41) is 3.58. The molecule has 0 saturated heterocycles. The first-order valence-electron chi connectivity index (χ1n) is 6.51. The first kappa shape index (κ1) is 15.0. The minimum absolute atomic E-state index is 0.332. The van der Waals surface area contributed by atoms with Gasteiger partial charge in [-0.3, -0.25) is 0 Å². The topological polar surface area (TPSA) is 30.5 Å². The molecular weight excluding hydrogens is 226 g/mol. The number of benzene rings is 1. The zero-order valence-corrected chi connectivity index (χ0v) is 11.9. The van der Waals surface area contributed by atoms with E-state index < -0.39 is 0 Å². The fourth-order valence-electron chi connectivity index (χ4n) is 1.87. The summed E-state index contributed by atoms with van der Waals surface area (Å²) < 4.78 is 10.4. The zero-order valence-electron chi connectivity index (χ0n) is 11.9. The molecule has 3 heteroatoms. The van der Waals surface area contributed by atoms with Gasteiger partial charge in [-0.1, -0.05) is 32.0 Å². The summed E-state index contributed by atoms with van der Waals surface area (Å²) in [4.78, 5) is 0. The lowest BCUT2D eigenvalue weighted by atomic mass is 10.0. The fraction of sp³-hybridized carbons (Fsp3) is 0.600. The maximum Gasteiger partial charge on any atom is 0.0666 e. The van der Waals surface area contributed by atoms with Gasteiger partial charge in [0.1, 0.15) is 0 Å². The van der Waals surface area contributed by atoms with Gasteiger partial charge in [-0.2, -0.15) is 0 Å². The molecule has 0 aliphatic heterocycles. The number of para-hydroxylation sites is 1. The van der Waals surface area contributed by atoms with E-state index in [1.54, 1.807) is 14.2 Å². The number of hydrogen-bond acceptors (Lipinski definition) is 3. The van der Waals surface area contributed by atoms with Crippen molar-refractivity contribution in [2.45, 2.75) is 26.3 Å². The molecule has 1 aromatic rings. The number of anilines is 1. The van der Waals surface area contributed by atoms with Gasteiger partial charge < -0.3 is 14.8 Å². The van der Waals surface area contributed by atoms with Crippen molar-refractivity contribution in [3.05, 3.63) is 29.8 Å². The van der Waals surface area contributed by atoms with Gasteiger partial charge in [0.15, 0.2) is 0 Å². The first-order chi connectivity index (χ1) is 8.69. The number of hydrogen-bond donors (Lipinski definition) is 1. The van der Waals surface area contributed by atoms with Crippen LogP contribution in [0.4, 0.5) is 5.69 Å². The van der Waals surface area contributed by atoms with Gasteiger partial charge in [0.05, 0.1) is 19.3 Å². The summed E-state index contributed by atoms with van der Waals surface area (Å²) in [6.45, 7) is 5.87. The van der Waals surface area contributed by atoms with E-state index in [-0.39, 0.29) is 0 Å². The molecule has 0 radical (unpaired) electrons. The molecular formula is C15H25NO2. The molecule has 102 valence electrons. The Bertz CT molecular complexity index is 339. The lowest BCUT2D eigenvalue weighted by Gasteiger charge is -2.24. The van der Waals surface area contributed by atoms with E-state index >= 15 is 0 Å². The van der Waals surface area contributed by atoms with Crippen LogP contribution in [0.25, 0.3) is 0 Å². The van der Waals surface area contributed by atoms with Gasteiger partial charge in [0, 0.05) is 19.9 Å². The number of nitrogens with one attached hydrogen (secondary N) is 1. The largest absolute Gasteiger partial charge is 0.384 e. The van der Waals surface area contributed by atoms with Crippen LogP contribution in [0.2, 0.25) is 0 Å². The maximum absolute atomic E-state index is 5.27. The molecule has 0 aliphatic rings. The Labute approximate surface area is 110 Å². The molecule has 0 bridgehead atoms. The third-order valence-corrected chi connectivity index (χ3v) is 3.08. The summed E-state index contributed by atoms with van der Waals surface area (Å²) >= 11 is 0. The zero-order chi connectivity index (χ0) is 13.4. The second-order valence-corrected chi connectivity index (χ2v) is 4.85. The molecule has 1 aromatic carbocycles. The lowest BCUT2D eigenvalue weighted by Crippen LogP contribution is -2.30. The third kappa shape index (κ3) is 4.67. The SMILES string of the molecule is COCCc1ccccc1NC(COC)C(C)C. The smallest absolute Gasteiger partial charge is 0.0666 e. The second kappa shape index (κ2) is 8.11. The molecule has 1 atom stereocenters. The predicted molar refractivity (Wildman–Crippen MR) is 76.1 cm³/mol. The minimum Gasteiger partial charge on any atom is -0.384 e. The molecule has 1 rings (SSSR count). The fourth-order valence-corrected chi connectivity index (χ4v) is 1.87. The van der Waals surface area contributed by atoms with Crippen molar-refractivity contribution < 1.29 is 9.47 Å². The van der Waals surface area contributed by atoms with Gasteiger partial charge in [-0.15, -0.1) is 0 Å². The Morgan fingerprint density at radius 3 is 2.44 bits per heavy atom. The van der Waals surface area contributed by atoms with E-state index in [4.69, 9.17) is 9.47 Å². The second-order valence-electron chi connectivity index (χ2n) is 4.85. The number of ether oxygens (including phenoxy) is 2. The van der Waals surface area contributed by atoms with Crippen LogP contribution < -0.4 is 5.32 Å². The van der Waals surface area contributed by atoms with E-state index in [9.17, 15) is 0 Å². The summed E-state index contributed by atoms with van der Waals surface area (Å²) in [6.07, 6.45) is 0.928. The summed E-state index contributed by atoms with van der Waals surface area (Å²) in [6, 6.07) is 8.72. The van der Waals surface area contributed by atoms with Crippen molar-refractivity contribution in [3.63, 3.8) is 0 Å². The van der Waals surface area contributed by atoms with Crippen LogP contribution in [-0.2, 0) is 15.9 Å². The highest BCUT2D eigenvalue weighted by molar-refractivity contribution is 5.52. The van der Waals surface area contributed by atoms with Gasteiger partial charge in [-0.05, 0) is 24.0 Å². The molecule has 3 nitrogen and oxygen atoms in total. The van der Waals surface area contributed by atoms with Crippen molar-refractivity contribution in [1.29, 1.82) is 0 Å². The van der Waals surface area contributed by atoms with Crippen molar-refractivity contribution >= 4 is 5.69 Å². The van der Waals surface area contributed by atoms with Gasteiger partial charge >= 0.3 is 0 Å². The third-order valence-electron chi connectivity index (χ3n) is 3.08. The molecule has 0 fully saturated rings. The maximum atomic E-state index is 5.27. The average Bonchev–Trinajstić information content (AvgIpc) is 2.37. The molecule has 18 heavy (non-hydrogen) atoms. The van der Waals surface area contributed by atoms with Gasteiger partial charge in [0.25, 0.3) is 0 Å². The highest BCUT2D eigenvalue weighted by Crippen LogP contribution is 2.19. The molecule has 0 amide bonds. The molecule has 0 saturated carbocycles. The summed E-state index contributed by atoms with van der Waals surface area (Å²) in [5.41, 5.74) is 2.48. The highest BCUT2D eigenvalue weighted by atomic mass is 16.5. The van der Waals surface area contributed by atoms with E-state index in [1.807, 2.05) is 0 Å². The van der Waals surface area contributed by atoms with E-state index in [0.29, 0.717) is 12.0 Å². The lowest BCUT2D eigenvalue weighted by molar-refractivity contribution is 0.171. The Hall–Kier alpha value is -1.06. The van der Waals surface area contributed by atoms with Crippen molar-refractivity contribution in [2.75, 3.05) is 32.8 Å². The van der Waals surface area contributed by atoms with E-state index in [0.717, 1.165) is 19.6 Å². The van der Waals surface area contributed by atoms with E-state index in [1.165, 1.54) is 11.3 Å². The monoisotopic (exact) mass is 251 g/mol. The summed E-state index contributed by atoms with van der Waals surface area (Å²) in [7, 11) is 3.48. The Kier molecular flexibility index (Phi) is 6.76. The van der Waals surface area contributed by atoms with Crippen LogP contribution in [0, 0.1) is 5.92 Å². The van der Waals surface area contributed by atoms with Crippen LogP contribution in [0.15, 0.2) is 24.3 Å². The van der Waals surface area contributed by atoms with Crippen LogP contribution in [0.1, 0.15) is 19.4 Å². The molecule has 0 spiro atoms. The summed E-state index contributed by atoms with van der Waals surface area (Å²) in [5.74, 6) is 0.528. The highest BCUT2D eigenvalue weighted by Gasteiger charge is 2.14. The van der Waals surface area contributed by atoms with Crippen LogP contribution >= 0.6 is 0 Å². The van der Waals surface area contributed by atoms with Crippen LogP contribution in [-0.4, -0.2) is 33.5 Å². The first-order valence-corrected chi connectivity index (χ1v) is 6.51. The van der Waals surface area contributed by atoms with Crippen molar-refractivity contribution in [3.8, 4) is 0 Å².